The molecule has 0 saturated carbocycles. The number of aryl methyl sites for hydroxylation is 1. The van der Waals surface area contributed by atoms with Crippen LogP contribution in [0.3, 0.4) is 0 Å². The molecule has 1 aromatic rings. The van der Waals surface area contributed by atoms with Crippen LogP contribution in [0.1, 0.15) is 33.4 Å². The van der Waals surface area contributed by atoms with Crippen molar-refractivity contribution >= 4 is 0 Å². The van der Waals surface area contributed by atoms with E-state index in [0.29, 0.717) is 0 Å². The van der Waals surface area contributed by atoms with Crippen molar-refractivity contribution in [1.82, 2.24) is 4.57 Å². The van der Waals surface area contributed by atoms with Gasteiger partial charge in [0.05, 0.1) is 0 Å². The van der Waals surface area contributed by atoms with Gasteiger partial charge in [0.15, 0.2) is 0 Å². The third-order valence-electron chi connectivity index (χ3n) is 1.82. The maximum atomic E-state index is 11.2. The van der Waals surface area contributed by atoms with E-state index >= 15 is 0 Å². The van der Waals surface area contributed by atoms with Gasteiger partial charge in [-0.05, 0) is 19.4 Å². The van der Waals surface area contributed by atoms with Gasteiger partial charge in [-0.25, -0.2) is 0 Å². The molecule has 1 rings (SSSR count). The number of nitrogens with zero attached hydrogens (tertiary/aromatic N) is 1. The van der Waals surface area contributed by atoms with Crippen LogP contribution in [0.25, 0.3) is 0 Å². The van der Waals surface area contributed by atoms with Crippen LogP contribution in [-0.4, -0.2) is 4.57 Å². The van der Waals surface area contributed by atoms with Crippen LogP contribution in [0.5, 0.6) is 0 Å². The molecule has 1 aromatic heterocycles. The van der Waals surface area contributed by atoms with Crippen LogP contribution >= 0.6 is 0 Å². The molecule has 0 aromatic carbocycles. The highest BCUT2D eigenvalue weighted by atomic mass is 16.1. The molecule has 0 saturated heterocycles. The van der Waals surface area contributed by atoms with Gasteiger partial charge < -0.3 is 4.57 Å². The topological polar surface area (TPSA) is 22.0 Å². The van der Waals surface area contributed by atoms with Crippen LogP contribution in [-0.2, 0) is 13.0 Å². The van der Waals surface area contributed by atoms with Crippen molar-refractivity contribution in [3.8, 4) is 0 Å². The molecule has 0 aliphatic rings. The van der Waals surface area contributed by atoms with Gasteiger partial charge in [-0.3, -0.25) is 4.79 Å². The van der Waals surface area contributed by atoms with Crippen LogP contribution in [0, 0.1) is 0 Å². The van der Waals surface area contributed by atoms with Gasteiger partial charge >= 0.3 is 0 Å². The Morgan fingerprint density at radius 3 is 2.23 bits per heavy atom. The Kier molecular flexibility index (Phi) is 5.94. The molecule has 13 heavy (non-hydrogen) atoms. The summed E-state index contributed by atoms with van der Waals surface area (Å²) in [5.74, 6) is 0. The first kappa shape index (κ1) is 11.9. The fourth-order valence-corrected chi connectivity index (χ4v) is 1.23. The first-order valence-electron chi connectivity index (χ1n) is 4.98. The zero-order valence-electron chi connectivity index (χ0n) is 9.00. The van der Waals surface area contributed by atoms with Crippen molar-refractivity contribution in [3.05, 3.63) is 34.2 Å². The van der Waals surface area contributed by atoms with E-state index in [1.165, 1.54) is 0 Å². The lowest BCUT2D eigenvalue weighted by Crippen LogP contribution is -2.20. The molecule has 1 heterocycles. The molecule has 0 bridgehead atoms. The Morgan fingerprint density at radius 2 is 1.85 bits per heavy atom. The summed E-state index contributed by atoms with van der Waals surface area (Å²) >= 11 is 0. The molecule has 0 atom stereocenters. The average molecular weight is 181 g/mol. The van der Waals surface area contributed by atoms with E-state index in [4.69, 9.17) is 0 Å². The third kappa shape index (κ3) is 3.05. The van der Waals surface area contributed by atoms with Crippen LogP contribution in [0.2, 0.25) is 0 Å². The van der Waals surface area contributed by atoms with E-state index < -0.39 is 0 Å². The Morgan fingerprint density at radius 1 is 1.23 bits per heavy atom. The highest BCUT2D eigenvalue weighted by Crippen LogP contribution is 1.96. The number of hydrogen-bond acceptors (Lipinski definition) is 1. The predicted molar refractivity (Wildman–Crippen MR) is 57.1 cm³/mol. The molecule has 0 fully saturated rings. The predicted octanol–water partition coefficient (Wildman–Crippen LogP) is 2.46. The molecule has 0 aliphatic heterocycles. The monoisotopic (exact) mass is 181 g/mol. The average Bonchev–Trinajstić information content (AvgIpc) is 2.20. The normalized spacial score (nSPS) is 8.92. The van der Waals surface area contributed by atoms with Crippen molar-refractivity contribution in [1.29, 1.82) is 0 Å². The molecule has 0 N–H and O–H groups in total. The van der Waals surface area contributed by atoms with Crippen LogP contribution < -0.4 is 5.56 Å². The molecule has 0 amide bonds. The highest BCUT2D eigenvalue weighted by molar-refractivity contribution is 5.06. The van der Waals surface area contributed by atoms with Crippen molar-refractivity contribution in [2.45, 2.75) is 40.7 Å². The summed E-state index contributed by atoms with van der Waals surface area (Å²) in [6.07, 6.45) is 0.921. The Balaban J connectivity index is 0.000000671. The maximum absolute atomic E-state index is 11.2. The van der Waals surface area contributed by atoms with Crippen molar-refractivity contribution in [2.75, 3.05) is 0 Å². The fraction of sp³-hybridized carbons (Fsp3) is 0.545. The minimum atomic E-state index is 0.104. The van der Waals surface area contributed by atoms with Gasteiger partial charge in [0.1, 0.15) is 0 Å². The smallest absolute Gasteiger partial charge is 0.250 e. The Bertz CT molecular complexity index is 288. The van der Waals surface area contributed by atoms with Gasteiger partial charge in [-0.2, -0.15) is 0 Å². The fourth-order valence-electron chi connectivity index (χ4n) is 1.23. The number of pyridine rings is 1. The van der Waals surface area contributed by atoms with Crippen LogP contribution in [0.4, 0.5) is 0 Å². The van der Waals surface area contributed by atoms with Gasteiger partial charge in [0.2, 0.25) is 0 Å². The lowest BCUT2D eigenvalue weighted by molar-refractivity contribution is 0.681. The second-order valence-corrected chi connectivity index (χ2v) is 2.45. The van der Waals surface area contributed by atoms with E-state index in [-0.39, 0.29) is 5.56 Å². The van der Waals surface area contributed by atoms with E-state index in [1.807, 2.05) is 32.9 Å². The molecule has 0 unspecified atom stereocenters. The molecule has 2 heteroatoms. The molecule has 0 spiro atoms. The zero-order chi connectivity index (χ0) is 10.3. The van der Waals surface area contributed by atoms with Crippen molar-refractivity contribution in [3.63, 3.8) is 0 Å². The summed E-state index contributed by atoms with van der Waals surface area (Å²) in [7, 11) is 0. The van der Waals surface area contributed by atoms with E-state index in [9.17, 15) is 4.79 Å². The summed E-state index contributed by atoms with van der Waals surface area (Å²) in [6, 6.07) is 5.40. The third-order valence-corrected chi connectivity index (χ3v) is 1.82. The molecular formula is C11H19NO. The lowest BCUT2D eigenvalue weighted by atomic mass is 10.3. The molecule has 0 aliphatic carbocycles. The zero-order valence-corrected chi connectivity index (χ0v) is 9.00. The quantitative estimate of drug-likeness (QED) is 0.687. The molecule has 74 valence electrons. The van der Waals surface area contributed by atoms with Crippen molar-refractivity contribution in [2.24, 2.45) is 0 Å². The maximum Gasteiger partial charge on any atom is 0.250 e. The minimum Gasteiger partial charge on any atom is -0.313 e. The van der Waals surface area contributed by atoms with E-state index in [2.05, 4.69) is 6.92 Å². The SMILES string of the molecule is CC.CCc1cccc(=O)n1CC. The first-order chi connectivity index (χ1) is 6.29. The summed E-state index contributed by atoms with van der Waals surface area (Å²) < 4.78 is 1.79. The molecular weight excluding hydrogens is 162 g/mol. The van der Waals surface area contributed by atoms with Gasteiger partial charge in [-0.1, -0.05) is 26.8 Å². The minimum absolute atomic E-state index is 0.104. The Labute approximate surface area is 80.2 Å². The van der Waals surface area contributed by atoms with Gasteiger partial charge in [0.25, 0.3) is 5.56 Å². The lowest BCUT2D eigenvalue weighted by Gasteiger charge is -2.06. The summed E-state index contributed by atoms with van der Waals surface area (Å²) in [5.41, 5.74) is 1.21. The molecule has 2 nitrogen and oxygen atoms in total. The number of hydrogen-bond donors (Lipinski definition) is 0. The van der Waals surface area contributed by atoms with Gasteiger partial charge in [0, 0.05) is 18.3 Å². The largest absolute Gasteiger partial charge is 0.313 e. The van der Waals surface area contributed by atoms with E-state index in [1.54, 1.807) is 10.6 Å². The Hall–Kier alpha value is -1.05. The first-order valence-corrected chi connectivity index (χ1v) is 4.98. The summed E-state index contributed by atoms with van der Waals surface area (Å²) in [5, 5.41) is 0. The van der Waals surface area contributed by atoms with Gasteiger partial charge in [-0.15, -0.1) is 0 Å². The summed E-state index contributed by atoms with van der Waals surface area (Å²) in [6.45, 7) is 8.81. The second-order valence-electron chi connectivity index (χ2n) is 2.45. The van der Waals surface area contributed by atoms with E-state index in [0.717, 1.165) is 18.7 Å². The summed E-state index contributed by atoms with van der Waals surface area (Å²) in [4.78, 5) is 11.2. The number of aromatic nitrogens is 1. The molecule has 0 radical (unpaired) electrons. The van der Waals surface area contributed by atoms with Crippen LogP contribution in [0.15, 0.2) is 23.0 Å². The number of rotatable bonds is 2. The van der Waals surface area contributed by atoms with Crippen molar-refractivity contribution < 1.29 is 0 Å². The second kappa shape index (κ2) is 6.46. The highest BCUT2D eigenvalue weighted by Gasteiger charge is 1.96. The standard InChI is InChI=1S/C9H13NO.C2H6/c1-3-8-6-5-7-9(11)10(8)4-2;1-2/h5-7H,3-4H2,1-2H3;1-2H3.